The summed E-state index contributed by atoms with van der Waals surface area (Å²) in [5.41, 5.74) is 11.5. The van der Waals surface area contributed by atoms with Gasteiger partial charge in [-0.3, -0.25) is 0 Å². The van der Waals surface area contributed by atoms with Crippen molar-refractivity contribution in [3.05, 3.63) is 76.4 Å². The van der Waals surface area contributed by atoms with E-state index in [9.17, 15) is 0 Å². The quantitative estimate of drug-likeness (QED) is 0.518. The average molecular weight is 331 g/mol. The van der Waals surface area contributed by atoms with Crippen LogP contribution in [0.15, 0.2) is 54.1 Å². The highest BCUT2D eigenvalue weighted by atomic mass is 14.4. The van der Waals surface area contributed by atoms with Gasteiger partial charge in [-0.2, -0.15) is 0 Å². The predicted octanol–water partition coefficient (Wildman–Crippen LogP) is 7.31. The van der Waals surface area contributed by atoms with Crippen molar-refractivity contribution in [3.63, 3.8) is 0 Å². The van der Waals surface area contributed by atoms with Crippen molar-refractivity contribution in [2.75, 3.05) is 0 Å². The molecule has 0 unspecified atom stereocenters. The maximum Gasteiger partial charge on any atom is 0.0158 e. The van der Waals surface area contributed by atoms with Crippen molar-refractivity contribution in [1.29, 1.82) is 0 Å². The highest BCUT2D eigenvalue weighted by molar-refractivity contribution is 5.87. The van der Waals surface area contributed by atoms with Crippen LogP contribution in [0.5, 0.6) is 0 Å². The summed E-state index contributed by atoms with van der Waals surface area (Å²) in [6, 6.07) is 13.6. The van der Waals surface area contributed by atoms with Crippen molar-refractivity contribution in [3.8, 4) is 11.1 Å². The standard InChI is InChI=1S/C25H30/c1-8-11-17(4)23(16(2)3)19-14-15-22-24(18(19)5)20-12-9-10-13-21(20)25(22,6)7/h8-16H,1-7H3/b11-8-,23-17+. The lowest BCUT2D eigenvalue weighted by atomic mass is 9.80. The van der Waals surface area contributed by atoms with Gasteiger partial charge in [0, 0.05) is 5.41 Å². The highest BCUT2D eigenvalue weighted by Crippen LogP contribution is 2.51. The van der Waals surface area contributed by atoms with Crippen molar-refractivity contribution in [1.82, 2.24) is 0 Å². The van der Waals surface area contributed by atoms with Crippen LogP contribution >= 0.6 is 0 Å². The van der Waals surface area contributed by atoms with E-state index in [1.54, 1.807) is 0 Å². The second kappa shape index (κ2) is 6.33. The Hall–Kier alpha value is -2.08. The molecule has 0 spiro atoms. The second-order valence-electron chi connectivity index (χ2n) is 8.08. The summed E-state index contributed by atoms with van der Waals surface area (Å²) in [5, 5.41) is 0. The third-order valence-electron chi connectivity index (χ3n) is 5.72. The molecule has 1 aliphatic rings. The molecular weight excluding hydrogens is 300 g/mol. The summed E-state index contributed by atoms with van der Waals surface area (Å²) >= 11 is 0. The number of hydrogen-bond donors (Lipinski definition) is 0. The molecule has 2 aromatic rings. The number of allylic oxidation sites excluding steroid dienone is 4. The summed E-state index contributed by atoms with van der Waals surface area (Å²) in [5.74, 6) is 0.498. The summed E-state index contributed by atoms with van der Waals surface area (Å²) in [6.45, 7) is 15.9. The molecule has 1 aliphatic carbocycles. The van der Waals surface area contributed by atoms with E-state index in [1.165, 1.54) is 44.5 Å². The fourth-order valence-electron chi connectivity index (χ4n) is 4.58. The lowest BCUT2D eigenvalue weighted by Gasteiger charge is -2.23. The molecule has 0 radical (unpaired) electrons. The van der Waals surface area contributed by atoms with Gasteiger partial charge >= 0.3 is 0 Å². The number of hydrogen-bond acceptors (Lipinski definition) is 0. The molecule has 2 aromatic carbocycles. The fourth-order valence-corrected chi connectivity index (χ4v) is 4.58. The molecule has 0 amide bonds. The lowest BCUT2D eigenvalue weighted by molar-refractivity contribution is 0.660. The van der Waals surface area contributed by atoms with Crippen LogP contribution in [0.1, 0.15) is 63.8 Å². The molecule has 3 rings (SSSR count). The van der Waals surface area contributed by atoms with Crippen LogP contribution in [-0.2, 0) is 5.41 Å². The minimum absolute atomic E-state index is 0.0787. The molecule has 0 aromatic heterocycles. The number of benzene rings is 2. The third kappa shape index (κ3) is 2.68. The molecule has 0 saturated carbocycles. The van der Waals surface area contributed by atoms with E-state index < -0.39 is 0 Å². The molecule has 0 bridgehead atoms. The predicted molar refractivity (Wildman–Crippen MR) is 111 cm³/mol. The molecule has 0 saturated heterocycles. The van der Waals surface area contributed by atoms with Gasteiger partial charge in [-0.05, 0) is 71.2 Å². The Morgan fingerprint density at radius 3 is 2.32 bits per heavy atom. The van der Waals surface area contributed by atoms with Gasteiger partial charge in [0.1, 0.15) is 0 Å². The largest absolute Gasteiger partial charge is 0.0874 e. The van der Waals surface area contributed by atoms with Crippen LogP contribution in [0.2, 0.25) is 0 Å². The van der Waals surface area contributed by atoms with E-state index in [-0.39, 0.29) is 5.41 Å². The lowest BCUT2D eigenvalue weighted by Crippen LogP contribution is -2.15. The average Bonchev–Trinajstić information content (AvgIpc) is 2.79. The van der Waals surface area contributed by atoms with Crippen molar-refractivity contribution >= 4 is 5.57 Å². The van der Waals surface area contributed by atoms with E-state index in [1.807, 2.05) is 0 Å². The van der Waals surface area contributed by atoms with Gasteiger partial charge in [-0.1, -0.05) is 76.2 Å². The normalized spacial score (nSPS) is 16.2. The van der Waals surface area contributed by atoms with E-state index >= 15 is 0 Å². The third-order valence-corrected chi connectivity index (χ3v) is 5.72. The van der Waals surface area contributed by atoms with Crippen molar-refractivity contribution < 1.29 is 0 Å². The zero-order valence-electron chi connectivity index (χ0n) is 16.7. The van der Waals surface area contributed by atoms with Crippen LogP contribution < -0.4 is 0 Å². The van der Waals surface area contributed by atoms with Crippen LogP contribution in [0.25, 0.3) is 16.7 Å². The monoisotopic (exact) mass is 330 g/mol. The van der Waals surface area contributed by atoms with E-state index in [0.29, 0.717) is 5.92 Å². The molecule has 0 heteroatoms. The topological polar surface area (TPSA) is 0 Å². The summed E-state index contributed by atoms with van der Waals surface area (Å²) < 4.78 is 0. The van der Waals surface area contributed by atoms with E-state index in [2.05, 4.69) is 97.0 Å². The second-order valence-corrected chi connectivity index (χ2v) is 8.08. The Labute approximate surface area is 153 Å². The zero-order valence-corrected chi connectivity index (χ0v) is 16.7. The SMILES string of the molecule is C/C=C\C(C)=C(\c1ccc2c(c1C)-c1ccccc1C2(C)C)C(C)C. The van der Waals surface area contributed by atoms with E-state index in [4.69, 9.17) is 0 Å². The smallest absolute Gasteiger partial charge is 0.0158 e. The molecule has 0 fully saturated rings. The van der Waals surface area contributed by atoms with Gasteiger partial charge in [0.15, 0.2) is 0 Å². The molecule has 0 nitrogen and oxygen atoms in total. The molecular formula is C25H30. The highest BCUT2D eigenvalue weighted by Gasteiger charge is 2.36. The molecule has 0 atom stereocenters. The van der Waals surface area contributed by atoms with Gasteiger partial charge in [0.2, 0.25) is 0 Å². The zero-order chi connectivity index (χ0) is 18.4. The van der Waals surface area contributed by atoms with Crippen LogP contribution in [0.3, 0.4) is 0 Å². The Bertz CT molecular complexity index is 873. The Morgan fingerprint density at radius 2 is 1.68 bits per heavy atom. The van der Waals surface area contributed by atoms with Gasteiger partial charge in [-0.15, -0.1) is 0 Å². The molecule has 0 heterocycles. The molecule has 0 aliphatic heterocycles. The summed E-state index contributed by atoms with van der Waals surface area (Å²) in [4.78, 5) is 0. The summed E-state index contributed by atoms with van der Waals surface area (Å²) in [7, 11) is 0. The first kappa shape index (κ1) is 17.7. The minimum atomic E-state index is 0.0787. The Balaban J connectivity index is 2.33. The Morgan fingerprint density at radius 1 is 1.00 bits per heavy atom. The number of rotatable bonds is 3. The van der Waals surface area contributed by atoms with Gasteiger partial charge in [-0.25, -0.2) is 0 Å². The van der Waals surface area contributed by atoms with Crippen LogP contribution in [0.4, 0.5) is 0 Å². The van der Waals surface area contributed by atoms with Gasteiger partial charge in [0.25, 0.3) is 0 Å². The van der Waals surface area contributed by atoms with Gasteiger partial charge in [0.05, 0.1) is 0 Å². The van der Waals surface area contributed by atoms with E-state index in [0.717, 1.165) is 0 Å². The maximum absolute atomic E-state index is 2.36. The van der Waals surface area contributed by atoms with Crippen LogP contribution in [0, 0.1) is 12.8 Å². The Kier molecular flexibility index (Phi) is 4.49. The van der Waals surface area contributed by atoms with Crippen molar-refractivity contribution in [2.24, 2.45) is 5.92 Å². The van der Waals surface area contributed by atoms with Crippen LogP contribution in [-0.4, -0.2) is 0 Å². The van der Waals surface area contributed by atoms with Gasteiger partial charge < -0.3 is 0 Å². The first-order valence-corrected chi connectivity index (χ1v) is 9.38. The first-order valence-electron chi connectivity index (χ1n) is 9.38. The first-order chi connectivity index (χ1) is 11.8. The fraction of sp³-hybridized carbons (Fsp3) is 0.360. The molecule has 130 valence electrons. The summed E-state index contributed by atoms with van der Waals surface area (Å²) in [6.07, 6.45) is 4.37. The van der Waals surface area contributed by atoms with Crippen molar-refractivity contribution in [2.45, 2.75) is 53.9 Å². The number of fused-ring (bicyclic) bond motifs is 3. The maximum atomic E-state index is 2.36. The molecule has 0 N–H and O–H groups in total. The minimum Gasteiger partial charge on any atom is -0.0874 e. The molecule has 25 heavy (non-hydrogen) atoms.